The highest BCUT2D eigenvalue weighted by molar-refractivity contribution is 5.73. The molecular weight excluding hydrogens is 518 g/mol. The molecule has 0 spiro atoms. The third-order valence-electron chi connectivity index (χ3n) is 6.86. The van der Waals surface area contributed by atoms with Crippen molar-refractivity contribution >= 4 is 5.91 Å². The van der Waals surface area contributed by atoms with Crippen molar-refractivity contribution in [3.63, 3.8) is 0 Å². The number of nitrogens with one attached hydrogen (secondary N) is 1. The monoisotopic (exact) mass is 567 g/mol. The van der Waals surface area contributed by atoms with Crippen molar-refractivity contribution in [2.24, 2.45) is 0 Å². The van der Waals surface area contributed by atoms with Crippen molar-refractivity contribution in [2.75, 3.05) is 39.6 Å². The molecule has 0 bridgehead atoms. The molecule has 6 N–H and O–H groups in total. The zero-order valence-electron chi connectivity index (χ0n) is 23.4. The molecule has 0 aromatic carbocycles. The molecule has 0 aromatic heterocycles. The zero-order chi connectivity index (χ0) is 28.8. The summed E-state index contributed by atoms with van der Waals surface area (Å²) in [5.74, 6) is -0.433. The number of hydrogen-bond acceptors (Lipinski definition) is 12. The number of hydrogen-bond donors (Lipinski definition) is 6. The Bertz CT molecular complexity index is 673. The van der Waals surface area contributed by atoms with Crippen LogP contribution in [-0.2, 0) is 33.2 Å². The van der Waals surface area contributed by atoms with Crippen LogP contribution >= 0.6 is 0 Å². The lowest BCUT2D eigenvalue weighted by molar-refractivity contribution is -0.350. The van der Waals surface area contributed by atoms with Crippen molar-refractivity contribution in [1.29, 1.82) is 0 Å². The number of unbranched alkanes of at least 4 members (excludes halogenated alkanes) is 5. The molecule has 0 radical (unpaired) electrons. The minimum Gasteiger partial charge on any atom is -0.394 e. The van der Waals surface area contributed by atoms with Gasteiger partial charge in [0.1, 0.15) is 48.8 Å². The molecule has 0 saturated carbocycles. The zero-order valence-corrected chi connectivity index (χ0v) is 23.4. The van der Waals surface area contributed by atoms with Crippen molar-refractivity contribution in [3.8, 4) is 0 Å². The summed E-state index contributed by atoms with van der Waals surface area (Å²) in [5, 5.41) is 54.4. The van der Waals surface area contributed by atoms with E-state index in [0.717, 1.165) is 32.1 Å². The summed E-state index contributed by atoms with van der Waals surface area (Å²) in [6, 6.07) is -1.01. The minimum atomic E-state index is -1.49. The van der Waals surface area contributed by atoms with Gasteiger partial charge in [-0.3, -0.25) is 4.79 Å². The maximum Gasteiger partial charge on any atom is 0.217 e. The second-order valence-electron chi connectivity index (χ2n) is 9.92. The van der Waals surface area contributed by atoms with Gasteiger partial charge in [-0.1, -0.05) is 39.0 Å². The van der Waals surface area contributed by atoms with E-state index in [1.807, 2.05) is 6.92 Å². The molecule has 2 aliphatic heterocycles. The third-order valence-corrected chi connectivity index (χ3v) is 6.86. The first-order chi connectivity index (χ1) is 18.8. The fourth-order valence-electron chi connectivity index (χ4n) is 4.73. The first-order valence-electron chi connectivity index (χ1n) is 14.1. The van der Waals surface area contributed by atoms with Gasteiger partial charge in [0.15, 0.2) is 12.6 Å². The summed E-state index contributed by atoms with van der Waals surface area (Å²) in [5.41, 5.74) is 0. The number of aliphatic hydroxyl groups excluding tert-OH is 5. The number of amides is 1. The molecule has 2 heterocycles. The Kier molecular flexibility index (Phi) is 16.2. The van der Waals surface area contributed by atoms with Crippen LogP contribution in [0.15, 0.2) is 0 Å². The molecule has 10 atom stereocenters. The molecule has 2 fully saturated rings. The fraction of sp³-hybridized carbons (Fsp3) is 0.962. The Morgan fingerprint density at radius 3 is 2.05 bits per heavy atom. The van der Waals surface area contributed by atoms with Gasteiger partial charge >= 0.3 is 0 Å². The molecule has 39 heavy (non-hydrogen) atoms. The van der Waals surface area contributed by atoms with Gasteiger partial charge in [0.25, 0.3) is 0 Å². The van der Waals surface area contributed by atoms with E-state index in [2.05, 4.69) is 12.2 Å². The predicted octanol–water partition coefficient (Wildman–Crippen LogP) is -0.808. The Balaban J connectivity index is 2.20. The number of carbonyl (C=O) groups excluding carboxylic acids is 1. The van der Waals surface area contributed by atoms with Crippen LogP contribution in [0, 0.1) is 0 Å². The van der Waals surface area contributed by atoms with Gasteiger partial charge in [0.2, 0.25) is 5.91 Å². The number of aliphatic hydroxyl groups is 5. The predicted molar refractivity (Wildman–Crippen MR) is 138 cm³/mol. The largest absolute Gasteiger partial charge is 0.394 e. The molecular formula is C26H49NO12. The number of rotatable bonds is 18. The second kappa shape index (κ2) is 18.5. The lowest BCUT2D eigenvalue weighted by atomic mass is 9.95. The summed E-state index contributed by atoms with van der Waals surface area (Å²) < 4.78 is 34.6. The Morgan fingerprint density at radius 2 is 1.41 bits per heavy atom. The van der Waals surface area contributed by atoms with Crippen LogP contribution in [-0.4, -0.2) is 132 Å². The molecule has 0 aliphatic carbocycles. The summed E-state index contributed by atoms with van der Waals surface area (Å²) in [7, 11) is 0. The molecule has 0 unspecified atom stereocenters. The van der Waals surface area contributed by atoms with E-state index in [0.29, 0.717) is 13.2 Å². The Morgan fingerprint density at radius 1 is 0.769 bits per heavy atom. The van der Waals surface area contributed by atoms with Crippen molar-refractivity contribution in [1.82, 2.24) is 5.32 Å². The van der Waals surface area contributed by atoms with Crippen LogP contribution in [0.5, 0.6) is 0 Å². The molecule has 230 valence electrons. The van der Waals surface area contributed by atoms with Crippen LogP contribution < -0.4 is 5.32 Å². The lowest BCUT2D eigenvalue weighted by Gasteiger charge is -2.48. The average molecular weight is 568 g/mol. The first-order valence-corrected chi connectivity index (χ1v) is 14.1. The van der Waals surface area contributed by atoms with Crippen LogP contribution in [0.4, 0.5) is 0 Å². The molecule has 2 saturated heterocycles. The summed E-state index contributed by atoms with van der Waals surface area (Å²) in [6.07, 6.45) is -5.27. The van der Waals surface area contributed by atoms with Crippen LogP contribution in [0.2, 0.25) is 0 Å². The van der Waals surface area contributed by atoms with E-state index >= 15 is 0 Å². The highest BCUT2D eigenvalue weighted by Gasteiger charge is 2.52. The SMILES string of the molecule is CCCCCCCCO[C@@H]1O[C@H](CO)[C@@H](O)[C@H](O[C@@H]2O[C@H](CO)[C@H](O)[C@H](O)[C@H]2OCCOCC)[C@H]1NC(C)=O. The number of ether oxygens (including phenoxy) is 6. The van der Waals surface area contributed by atoms with Crippen LogP contribution in [0.3, 0.4) is 0 Å². The van der Waals surface area contributed by atoms with Crippen molar-refractivity contribution in [2.45, 2.75) is 121 Å². The van der Waals surface area contributed by atoms with Gasteiger partial charge < -0.3 is 59.3 Å². The Hall–Kier alpha value is -0.970. The first kappa shape index (κ1) is 34.2. The molecule has 2 rings (SSSR count). The molecule has 13 nitrogen and oxygen atoms in total. The van der Waals surface area contributed by atoms with Crippen molar-refractivity contribution < 1.29 is 58.7 Å². The standard InChI is InChI=1S/C26H49NO12/c1-4-6-7-8-9-10-11-36-25-19(27-16(3)30)23(21(32)18(15-29)37-25)39-26-24(35-13-12-34-5-2)22(33)20(31)17(14-28)38-26/h17-26,28-29,31-33H,4-15H2,1-3H3,(H,27,30)/t17-,18-,19-,20+,21-,22+,23-,24-,25-,26+/m1/s1. The molecule has 13 heteroatoms. The average Bonchev–Trinajstić information content (AvgIpc) is 2.91. The third kappa shape index (κ3) is 10.4. The van der Waals surface area contributed by atoms with Gasteiger partial charge in [0, 0.05) is 20.1 Å². The quantitative estimate of drug-likeness (QED) is 0.113. The maximum atomic E-state index is 12.1. The van der Waals surface area contributed by atoms with Crippen molar-refractivity contribution in [3.05, 3.63) is 0 Å². The maximum absolute atomic E-state index is 12.1. The molecule has 0 aromatic rings. The Labute approximate surface area is 230 Å². The van der Waals surface area contributed by atoms with Gasteiger partial charge in [-0.05, 0) is 13.3 Å². The van der Waals surface area contributed by atoms with Crippen LogP contribution in [0.1, 0.15) is 59.3 Å². The highest BCUT2D eigenvalue weighted by Crippen LogP contribution is 2.31. The van der Waals surface area contributed by atoms with E-state index in [9.17, 15) is 30.3 Å². The summed E-state index contributed by atoms with van der Waals surface area (Å²) >= 11 is 0. The van der Waals surface area contributed by atoms with Crippen LogP contribution in [0.25, 0.3) is 0 Å². The van der Waals surface area contributed by atoms with E-state index in [1.54, 1.807) is 0 Å². The van der Waals surface area contributed by atoms with Gasteiger partial charge in [-0.25, -0.2) is 0 Å². The highest BCUT2D eigenvalue weighted by atomic mass is 16.7. The lowest BCUT2D eigenvalue weighted by Crippen LogP contribution is -2.68. The summed E-state index contributed by atoms with van der Waals surface area (Å²) in [6.45, 7) is 5.14. The van der Waals surface area contributed by atoms with Gasteiger partial charge in [-0.15, -0.1) is 0 Å². The number of carbonyl (C=O) groups is 1. The minimum absolute atomic E-state index is 0.0456. The molecule has 1 amide bonds. The topological polar surface area (TPSA) is 186 Å². The van der Waals surface area contributed by atoms with E-state index in [-0.39, 0.29) is 13.2 Å². The van der Waals surface area contributed by atoms with E-state index in [1.165, 1.54) is 13.3 Å². The second-order valence-corrected chi connectivity index (χ2v) is 9.92. The smallest absolute Gasteiger partial charge is 0.217 e. The molecule has 2 aliphatic rings. The van der Waals surface area contributed by atoms with Gasteiger partial charge in [0.05, 0.1) is 26.4 Å². The fourth-order valence-corrected chi connectivity index (χ4v) is 4.73. The van der Waals surface area contributed by atoms with Gasteiger partial charge in [-0.2, -0.15) is 0 Å². The van der Waals surface area contributed by atoms with E-state index in [4.69, 9.17) is 28.4 Å². The summed E-state index contributed by atoms with van der Waals surface area (Å²) in [4.78, 5) is 12.1. The normalized spacial score (nSPS) is 35.2. The van der Waals surface area contributed by atoms with E-state index < -0.39 is 80.5 Å².